The van der Waals surface area contributed by atoms with Crippen molar-refractivity contribution in [3.8, 4) is 0 Å². The molecule has 0 aliphatic carbocycles. The fourth-order valence-corrected chi connectivity index (χ4v) is 3.43. The van der Waals surface area contributed by atoms with E-state index in [2.05, 4.69) is 15.3 Å². The average Bonchev–Trinajstić information content (AvgIpc) is 3.23. The third-order valence-corrected chi connectivity index (χ3v) is 4.73. The summed E-state index contributed by atoms with van der Waals surface area (Å²) in [5, 5.41) is 14.3. The zero-order valence-electron chi connectivity index (χ0n) is 13.2. The molecular weight excluding hydrogens is 298 g/mol. The van der Waals surface area contributed by atoms with Gasteiger partial charge in [-0.1, -0.05) is 0 Å². The van der Waals surface area contributed by atoms with Gasteiger partial charge in [-0.15, -0.1) is 0 Å². The Morgan fingerprint density at radius 2 is 2.17 bits per heavy atom. The van der Waals surface area contributed by atoms with Gasteiger partial charge in [-0.25, -0.2) is 9.97 Å². The van der Waals surface area contributed by atoms with Crippen LogP contribution in [0, 0.1) is 6.92 Å². The number of nitrogens with zero attached hydrogens (tertiary/aromatic N) is 4. The van der Waals surface area contributed by atoms with E-state index in [1.807, 2.05) is 35.5 Å². The van der Waals surface area contributed by atoms with Crippen LogP contribution in [0.25, 0.3) is 0 Å². The Morgan fingerprint density at radius 1 is 1.35 bits per heavy atom. The molecule has 2 aliphatic heterocycles. The summed E-state index contributed by atoms with van der Waals surface area (Å²) >= 11 is 0. The van der Waals surface area contributed by atoms with E-state index < -0.39 is 12.4 Å². The minimum atomic E-state index is -0.630. The predicted molar refractivity (Wildman–Crippen MR) is 80.5 cm³/mol. The number of fused-ring (bicyclic) bond motifs is 2. The summed E-state index contributed by atoms with van der Waals surface area (Å²) in [4.78, 5) is 8.54. The van der Waals surface area contributed by atoms with Crippen LogP contribution in [0.1, 0.15) is 17.7 Å². The number of aromatic nitrogens is 4. The Bertz CT molecular complexity index is 684. The molecule has 2 N–H and O–H groups in total. The largest absolute Gasteiger partial charge is 0.389 e. The molecule has 8 heteroatoms. The lowest BCUT2D eigenvalue weighted by Crippen LogP contribution is -2.57. The highest BCUT2D eigenvalue weighted by Gasteiger charge is 2.50. The Hall–Kier alpha value is -1.74. The lowest BCUT2D eigenvalue weighted by molar-refractivity contribution is -0.166. The average molecular weight is 319 g/mol. The first-order valence-electron chi connectivity index (χ1n) is 7.79. The van der Waals surface area contributed by atoms with Crippen molar-refractivity contribution in [3.63, 3.8) is 0 Å². The van der Waals surface area contributed by atoms with Crippen molar-refractivity contribution >= 4 is 0 Å². The number of hydrogen-bond acceptors (Lipinski definition) is 6. The zero-order valence-corrected chi connectivity index (χ0v) is 13.2. The SMILES string of the molecule is Cc1nccn1[C@H]1[C@@H]2OC[C@@H](O2)[C@@H](NCc2nccn2C)[C@@H]1O. The lowest BCUT2D eigenvalue weighted by Gasteiger charge is -2.39. The molecule has 0 spiro atoms. The predicted octanol–water partition coefficient (Wildman–Crippen LogP) is -0.259. The Labute approximate surface area is 134 Å². The molecule has 0 unspecified atom stereocenters. The molecule has 2 aromatic rings. The van der Waals surface area contributed by atoms with Crippen LogP contribution < -0.4 is 5.32 Å². The highest BCUT2D eigenvalue weighted by Crippen LogP contribution is 2.36. The number of ether oxygens (including phenoxy) is 2. The summed E-state index contributed by atoms with van der Waals surface area (Å²) in [6.45, 7) is 2.94. The van der Waals surface area contributed by atoms with Gasteiger partial charge in [0, 0.05) is 31.8 Å². The second kappa shape index (κ2) is 5.72. The fourth-order valence-electron chi connectivity index (χ4n) is 3.43. The van der Waals surface area contributed by atoms with E-state index in [9.17, 15) is 5.11 Å². The van der Waals surface area contributed by atoms with Gasteiger partial charge in [0.05, 0.1) is 25.3 Å². The molecule has 0 aromatic carbocycles. The molecule has 0 amide bonds. The smallest absolute Gasteiger partial charge is 0.181 e. The molecule has 124 valence electrons. The summed E-state index contributed by atoms with van der Waals surface area (Å²) < 4.78 is 15.6. The Balaban J connectivity index is 1.55. The molecule has 0 radical (unpaired) electrons. The first kappa shape index (κ1) is 14.8. The number of aliphatic hydroxyl groups is 1. The van der Waals surface area contributed by atoms with Gasteiger partial charge in [-0.2, -0.15) is 0 Å². The van der Waals surface area contributed by atoms with Crippen LogP contribution in [0.3, 0.4) is 0 Å². The molecular formula is C15H21N5O3. The number of imidazole rings is 2. The van der Waals surface area contributed by atoms with Gasteiger partial charge >= 0.3 is 0 Å². The van der Waals surface area contributed by atoms with E-state index in [0.717, 1.165) is 11.6 Å². The maximum atomic E-state index is 10.9. The van der Waals surface area contributed by atoms with Crippen LogP contribution in [-0.4, -0.2) is 55.4 Å². The van der Waals surface area contributed by atoms with Gasteiger partial charge < -0.3 is 29.0 Å². The topological polar surface area (TPSA) is 86.4 Å². The maximum absolute atomic E-state index is 10.9. The number of hydrogen-bond donors (Lipinski definition) is 2. The van der Waals surface area contributed by atoms with Gasteiger partial charge in [0.25, 0.3) is 0 Å². The summed E-state index contributed by atoms with van der Waals surface area (Å²) in [7, 11) is 1.95. The summed E-state index contributed by atoms with van der Waals surface area (Å²) in [5.74, 6) is 1.74. The molecule has 2 saturated heterocycles. The minimum absolute atomic E-state index is 0.157. The molecule has 2 aliphatic rings. The molecule has 0 saturated carbocycles. The zero-order chi connectivity index (χ0) is 16.0. The van der Waals surface area contributed by atoms with Crippen LogP contribution in [0.15, 0.2) is 24.8 Å². The lowest BCUT2D eigenvalue weighted by atomic mass is 9.95. The van der Waals surface area contributed by atoms with Gasteiger partial charge in [0.1, 0.15) is 23.8 Å². The molecule has 2 aromatic heterocycles. The number of aliphatic hydroxyl groups excluding tert-OH is 1. The van der Waals surface area contributed by atoms with Crippen LogP contribution in [-0.2, 0) is 23.1 Å². The number of nitrogens with one attached hydrogen (secondary N) is 1. The van der Waals surface area contributed by atoms with Crippen molar-refractivity contribution in [1.29, 1.82) is 0 Å². The molecule has 23 heavy (non-hydrogen) atoms. The number of rotatable bonds is 4. The fraction of sp³-hybridized carbons (Fsp3) is 0.600. The van der Waals surface area contributed by atoms with Crippen LogP contribution in [0.2, 0.25) is 0 Å². The molecule has 5 atom stereocenters. The first-order chi connectivity index (χ1) is 11.1. The van der Waals surface area contributed by atoms with Crippen LogP contribution >= 0.6 is 0 Å². The molecule has 4 heterocycles. The van der Waals surface area contributed by atoms with Crippen molar-refractivity contribution < 1.29 is 14.6 Å². The molecule has 2 bridgehead atoms. The van der Waals surface area contributed by atoms with E-state index >= 15 is 0 Å². The molecule has 8 nitrogen and oxygen atoms in total. The van der Waals surface area contributed by atoms with Crippen molar-refractivity contribution in [2.75, 3.05) is 6.61 Å². The summed E-state index contributed by atoms with van der Waals surface area (Å²) in [6, 6.07) is -0.535. The highest BCUT2D eigenvalue weighted by atomic mass is 16.7. The van der Waals surface area contributed by atoms with E-state index in [1.165, 1.54) is 0 Å². The first-order valence-corrected chi connectivity index (χ1v) is 7.79. The normalized spacial score (nSPS) is 33.3. The monoisotopic (exact) mass is 319 g/mol. The highest BCUT2D eigenvalue weighted by molar-refractivity contribution is 5.05. The van der Waals surface area contributed by atoms with Gasteiger partial charge in [-0.3, -0.25) is 0 Å². The van der Waals surface area contributed by atoms with Crippen molar-refractivity contribution in [1.82, 2.24) is 24.4 Å². The van der Waals surface area contributed by atoms with Crippen molar-refractivity contribution in [3.05, 3.63) is 36.4 Å². The Kier molecular flexibility index (Phi) is 3.68. The third-order valence-electron chi connectivity index (χ3n) is 4.73. The van der Waals surface area contributed by atoms with E-state index in [1.54, 1.807) is 12.4 Å². The number of aryl methyl sites for hydroxylation is 2. The van der Waals surface area contributed by atoms with Crippen LogP contribution in [0.5, 0.6) is 0 Å². The molecule has 2 fully saturated rings. The van der Waals surface area contributed by atoms with Gasteiger partial charge in [-0.05, 0) is 6.92 Å². The standard InChI is InChI=1S/C15H21N5O3/c1-9-16-4-6-20(9)13-14(21)12(10-8-22-15(13)23-10)18-7-11-17-3-5-19(11)2/h3-6,10,12-15,18,21H,7-8H2,1-2H3/t10-,12-,13-,14+,15-/m1/s1. The maximum Gasteiger partial charge on any atom is 0.181 e. The summed E-state index contributed by atoms with van der Waals surface area (Å²) in [5.41, 5.74) is 0. The Morgan fingerprint density at radius 3 is 2.87 bits per heavy atom. The van der Waals surface area contributed by atoms with E-state index in [-0.39, 0.29) is 18.2 Å². The van der Waals surface area contributed by atoms with Crippen molar-refractivity contribution in [2.45, 2.75) is 44.1 Å². The third kappa shape index (κ3) is 2.47. The minimum Gasteiger partial charge on any atom is -0.389 e. The van der Waals surface area contributed by atoms with Gasteiger partial charge in [0.2, 0.25) is 0 Å². The second-order valence-corrected chi connectivity index (χ2v) is 6.10. The van der Waals surface area contributed by atoms with Gasteiger partial charge in [0.15, 0.2) is 6.29 Å². The quantitative estimate of drug-likeness (QED) is 0.807. The van der Waals surface area contributed by atoms with Crippen molar-refractivity contribution in [2.24, 2.45) is 7.05 Å². The molecule has 4 rings (SSSR count). The van der Waals surface area contributed by atoms with E-state index in [0.29, 0.717) is 13.2 Å². The second-order valence-electron chi connectivity index (χ2n) is 6.10. The summed E-state index contributed by atoms with van der Waals surface area (Å²) in [6.07, 6.45) is 6.01. The van der Waals surface area contributed by atoms with Crippen LogP contribution in [0.4, 0.5) is 0 Å². The van der Waals surface area contributed by atoms with E-state index in [4.69, 9.17) is 9.47 Å².